The van der Waals surface area contributed by atoms with Gasteiger partial charge in [0, 0.05) is 5.88 Å². The average molecular weight is 147 g/mol. The second-order valence-corrected chi connectivity index (χ2v) is 2.37. The summed E-state index contributed by atoms with van der Waals surface area (Å²) in [6, 6.07) is 0. The summed E-state index contributed by atoms with van der Waals surface area (Å²) in [7, 11) is 0. The molecule has 0 saturated carbocycles. The van der Waals surface area contributed by atoms with E-state index in [0.29, 0.717) is 0 Å². The van der Waals surface area contributed by atoms with E-state index in [9.17, 15) is 0 Å². The van der Waals surface area contributed by atoms with Gasteiger partial charge in [0.05, 0.1) is 0 Å². The maximum atomic E-state index is 5.48. The molecule has 0 saturated heterocycles. The summed E-state index contributed by atoms with van der Waals surface area (Å²) in [4.78, 5) is 0. The molecule has 0 amide bonds. The van der Waals surface area contributed by atoms with Crippen molar-refractivity contribution in [3.8, 4) is 0 Å². The Bertz CT molecular complexity index is 46.7. The quantitative estimate of drug-likeness (QED) is 0.424. The first-order valence-electron chi connectivity index (χ1n) is 2.87. The molecule has 0 aromatic carbocycles. The fourth-order valence-electron chi connectivity index (χ4n) is 0.390. The van der Waals surface area contributed by atoms with Crippen molar-refractivity contribution in [3.05, 3.63) is 0 Å². The summed E-state index contributed by atoms with van der Waals surface area (Å²) in [5.41, 5.74) is 0. The van der Waals surface area contributed by atoms with Crippen LogP contribution in [-0.2, 0) is 0 Å². The predicted molar refractivity (Wildman–Crippen MR) is 42.8 cm³/mol. The van der Waals surface area contributed by atoms with Crippen molar-refractivity contribution < 1.29 is 2.85 Å². The van der Waals surface area contributed by atoms with Gasteiger partial charge in [0.15, 0.2) is 0 Å². The van der Waals surface area contributed by atoms with Crippen LogP contribution in [0.1, 0.15) is 29.5 Å². The largest absolute Gasteiger partial charge is 2.00 e. The third kappa shape index (κ3) is 7.06. The molecule has 0 heterocycles. The van der Waals surface area contributed by atoms with E-state index >= 15 is 0 Å². The maximum absolute atomic E-state index is 5.48. The molecule has 0 aliphatic heterocycles. The molecule has 1 atom stereocenters. The number of alkyl halides is 1. The maximum Gasteiger partial charge on any atom is 2.00 e. The van der Waals surface area contributed by atoms with Gasteiger partial charge in [-0.15, -0.1) is 11.6 Å². The van der Waals surface area contributed by atoms with Crippen molar-refractivity contribution in [2.45, 2.75) is 26.7 Å². The van der Waals surface area contributed by atoms with Gasteiger partial charge in [-0.1, -0.05) is 20.3 Å². The molecule has 0 radical (unpaired) electrons. The molecule has 0 aromatic rings. The van der Waals surface area contributed by atoms with Crippen LogP contribution in [0.25, 0.3) is 0 Å². The van der Waals surface area contributed by atoms with Crippen LogP contribution < -0.4 is 0 Å². The molecule has 48 valence electrons. The minimum absolute atomic E-state index is 0. The van der Waals surface area contributed by atoms with Crippen LogP contribution in [0.3, 0.4) is 0 Å². The van der Waals surface area contributed by atoms with Crippen LogP contribution in [0.15, 0.2) is 0 Å². The molecule has 0 nitrogen and oxygen atoms in total. The zero-order valence-corrected chi connectivity index (χ0v) is 7.95. The first-order chi connectivity index (χ1) is 3.31. The monoisotopic (exact) mass is 146 g/mol. The summed E-state index contributed by atoms with van der Waals surface area (Å²) < 4.78 is 0. The van der Waals surface area contributed by atoms with Gasteiger partial charge in [-0.2, -0.15) is 0 Å². The van der Waals surface area contributed by atoms with E-state index in [-0.39, 0.29) is 25.9 Å². The summed E-state index contributed by atoms with van der Waals surface area (Å²) in [5.74, 6) is 1.63. The molecule has 0 spiro atoms. The van der Waals surface area contributed by atoms with E-state index in [1.54, 1.807) is 0 Å². The number of rotatable bonds is 3. The van der Waals surface area contributed by atoms with Gasteiger partial charge in [-0.3, -0.25) is 0 Å². The van der Waals surface area contributed by atoms with Gasteiger partial charge in [-0.25, -0.2) is 0 Å². The Labute approximate surface area is 76.1 Å². The summed E-state index contributed by atoms with van der Waals surface area (Å²) in [5, 5.41) is 0. The molecule has 0 fully saturated rings. The summed E-state index contributed by atoms with van der Waals surface area (Å²) in [6.07, 6.45) is 2.42. The minimum Gasteiger partial charge on any atom is -1.00 e. The number of halogens is 1. The Morgan fingerprint density at radius 1 is 1.62 bits per heavy atom. The Hall–Kier alpha value is 1.06. The van der Waals surface area contributed by atoms with Crippen LogP contribution in [0, 0.1) is 5.92 Å². The van der Waals surface area contributed by atoms with E-state index in [1.807, 2.05) is 0 Å². The van der Waals surface area contributed by atoms with Gasteiger partial charge in [0.1, 0.15) is 0 Å². The summed E-state index contributed by atoms with van der Waals surface area (Å²) in [6.45, 7) is 4.42. The fraction of sp³-hybridized carbons (Fsp3) is 1.00. The Balaban J connectivity index is -0.0000000600. The molecule has 2 heteroatoms. The molecule has 0 N–H and O–H groups in total. The average Bonchev–Trinajstić information content (AvgIpc) is 1.68. The van der Waals surface area contributed by atoms with Crippen molar-refractivity contribution in [1.29, 1.82) is 0 Å². The second kappa shape index (κ2) is 8.06. The number of hydrogen-bond acceptors (Lipinski definition) is 0. The van der Waals surface area contributed by atoms with Crippen molar-refractivity contribution >= 4 is 34.7 Å². The Morgan fingerprint density at radius 3 is 2.25 bits per heavy atom. The Kier molecular flexibility index (Phi) is 11.9. The molecular weight excluding hydrogens is 132 g/mol. The van der Waals surface area contributed by atoms with E-state index in [4.69, 9.17) is 11.6 Å². The minimum atomic E-state index is 0. The molecular formula is C6H15ClMg. The van der Waals surface area contributed by atoms with E-state index in [1.165, 1.54) is 6.42 Å². The molecule has 8 heavy (non-hydrogen) atoms. The normalized spacial score (nSPS) is 12.4. The first kappa shape index (κ1) is 11.8. The van der Waals surface area contributed by atoms with Gasteiger partial charge >= 0.3 is 23.1 Å². The van der Waals surface area contributed by atoms with Crippen LogP contribution in [0.4, 0.5) is 0 Å². The van der Waals surface area contributed by atoms with Gasteiger partial charge < -0.3 is 2.85 Å². The zero-order valence-electron chi connectivity index (χ0n) is 7.78. The van der Waals surface area contributed by atoms with Gasteiger partial charge in [-0.05, 0) is 12.3 Å². The molecule has 0 aliphatic rings. The zero-order chi connectivity index (χ0) is 5.70. The van der Waals surface area contributed by atoms with Crippen molar-refractivity contribution in [3.63, 3.8) is 0 Å². The van der Waals surface area contributed by atoms with E-state index in [2.05, 4.69) is 13.8 Å². The number of hydrogen-bond donors (Lipinski definition) is 0. The van der Waals surface area contributed by atoms with Crippen LogP contribution >= 0.6 is 11.6 Å². The third-order valence-corrected chi connectivity index (χ3v) is 1.52. The Morgan fingerprint density at radius 2 is 2.12 bits per heavy atom. The first-order valence-corrected chi connectivity index (χ1v) is 3.40. The van der Waals surface area contributed by atoms with Crippen molar-refractivity contribution in [1.82, 2.24) is 0 Å². The van der Waals surface area contributed by atoms with Gasteiger partial charge in [0.2, 0.25) is 0 Å². The van der Waals surface area contributed by atoms with E-state index in [0.717, 1.165) is 18.2 Å². The third-order valence-electron chi connectivity index (χ3n) is 1.30. The molecule has 0 aromatic heterocycles. The molecule has 1 unspecified atom stereocenters. The van der Waals surface area contributed by atoms with Crippen LogP contribution in [0.5, 0.6) is 0 Å². The topological polar surface area (TPSA) is 0 Å². The summed E-state index contributed by atoms with van der Waals surface area (Å²) >= 11 is 5.48. The SMILES string of the molecule is CCC(C)CCCl.[H-].[H-].[Mg+2]. The van der Waals surface area contributed by atoms with Crippen LogP contribution in [-0.4, -0.2) is 28.9 Å². The molecule has 0 aliphatic carbocycles. The van der Waals surface area contributed by atoms with Crippen molar-refractivity contribution in [2.75, 3.05) is 5.88 Å². The second-order valence-electron chi connectivity index (χ2n) is 1.99. The standard InChI is InChI=1S/C6H13Cl.Mg.2H/c1-3-6(2)4-5-7;;;/h6H,3-5H2,1-2H3;;;/q;+2;2*-1. The predicted octanol–water partition coefficient (Wildman–Crippen LogP) is 2.51. The molecule has 0 bridgehead atoms. The molecule has 0 rings (SSSR count). The van der Waals surface area contributed by atoms with Gasteiger partial charge in [0.25, 0.3) is 0 Å². The van der Waals surface area contributed by atoms with Crippen LogP contribution in [0.2, 0.25) is 0 Å². The fourth-order valence-corrected chi connectivity index (χ4v) is 0.763. The van der Waals surface area contributed by atoms with Crippen molar-refractivity contribution in [2.24, 2.45) is 5.92 Å². The smallest absolute Gasteiger partial charge is 1.00 e. The van der Waals surface area contributed by atoms with E-state index < -0.39 is 0 Å².